The summed E-state index contributed by atoms with van der Waals surface area (Å²) in [6.07, 6.45) is 2.17. The van der Waals surface area contributed by atoms with E-state index in [1.165, 1.54) is 17.5 Å². The van der Waals surface area contributed by atoms with Gasteiger partial charge in [-0.25, -0.2) is 13.1 Å². The van der Waals surface area contributed by atoms with E-state index in [4.69, 9.17) is 5.11 Å². The van der Waals surface area contributed by atoms with Crippen molar-refractivity contribution in [3.05, 3.63) is 33.6 Å². The number of aromatic nitrogens is 2. The third-order valence-electron chi connectivity index (χ3n) is 2.76. The van der Waals surface area contributed by atoms with Gasteiger partial charge in [0.25, 0.3) is 10.0 Å². The molecule has 3 N–H and O–H groups in total. The summed E-state index contributed by atoms with van der Waals surface area (Å²) in [5.74, 6) is 0. The van der Waals surface area contributed by atoms with Crippen molar-refractivity contribution < 1.29 is 13.5 Å². The number of aromatic amines is 1. The number of aryl methyl sites for hydroxylation is 1. The topological polar surface area (TPSA) is 95.1 Å². The molecule has 2 aromatic rings. The van der Waals surface area contributed by atoms with Crippen LogP contribution in [0.2, 0.25) is 0 Å². The molecule has 2 rings (SSSR count). The van der Waals surface area contributed by atoms with Gasteiger partial charge in [-0.05, 0) is 23.4 Å². The lowest BCUT2D eigenvalue weighted by atomic mass is 10.2. The quantitative estimate of drug-likeness (QED) is 0.742. The minimum absolute atomic E-state index is 0.0791. The molecule has 0 unspecified atom stereocenters. The van der Waals surface area contributed by atoms with Crippen molar-refractivity contribution in [2.75, 3.05) is 0 Å². The Bertz CT molecular complexity index is 646. The Balaban J connectivity index is 2.14. The van der Waals surface area contributed by atoms with Crippen molar-refractivity contribution in [3.8, 4) is 0 Å². The zero-order valence-electron chi connectivity index (χ0n) is 10.4. The maximum atomic E-state index is 12.1. The fourth-order valence-corrected chi connectivity index (χ4v) is 3.84. The fourth-order valence-electron chi connectivity index (χ4n) is 1.71. The predicted molar refractivity (Wildman–Crippen MR) is 72.2 cm³/mol. The summed E-state index contributed by atoms with van der Waals surface area (Å²) < 4.78 is 26.7. The average molecular weight is 301 g/mol. The zero-order valence-corrected chi connectivity index (χ0v) is 12.0. The zero-order chi connectivity index (χ0) is 13.9. The predicted octanol–water partition coefficient (Wildman–Crippen LogP) is 1.00. The second kappa shape index (κ2) is 5.83. The summed E-state index contributed by atoms with van der Waals surface area (Å²) in [6.45, 7) is 1.90. The fraction of sp³-hybridized carbons (Fsp3) is 0.364. The van der Waals surface area contributed by atoms with Gasteiger partial charge in [0.05, 0.1) is 12.8 Å². The molecule has 0 aliphatic heterocycles. The molecule has 0 amide bonds. The van der Waals surface area contributed by atoms with Crippen molar-refractivity contribution in [1.82, 2.24) is 14.9 Å². The van der Waals surface area contributed by atoms with E-state index in [-0.39, 0.29) is 23.7 Å². The van der Waals surface area contributed by atoms with E-state index in [9.17, 15) is 8.42 Å². The van der Waals surface area contributed by atoms with E-state index in [0.717, 1.165) is 16.9 Å². The molecule has 8 heteroatoms. The molecule has 104 valence electrons. The molecule has 0 fully saturated rings. The number of aliphatic hydroxyl groups is 1. The molecule has 0 atom stereocenters. The SMILES string of the molecule is CCc1ccsc1CNS(=O)(=O)c1[nH]ncc1CO. The Morgan fingerprint density at radius 1 is 1.47 bits per heavy atom. The minimum Gasteiger partial charge on any atom is -0.392 e. The Morgan fingerprint density at radius 2 is 2.26 bits per heavy atom. The first-order valence-electron chi connectivity index (χ1n) is 5.76. The minimum atomic E-state index is -3.68. The Hall–Kier alpha value is -1.22. The molecule has 0 spiro atoms. The molecule has 0 aliphatic rings. The van der Waals surface area contributed by atoms with Gasteiger partial charge in [-0.2, -0.15) is 5.10 Å². The van der Waals surface area contributed by atoms with Gasteiger partial charge in [0, 0.05) is 17.0 Å². The van der Waals surface area contributed by atoms with E-state index < -0.39 is 10.0 Å². The first kappa shape index (κ1) is 14.2. The highest BCUT2D eigenvalue weighted by molar-refractivity contribution is 7.89. The molecular weight excluding hydrogens is 286 g/mol. The number of nitrogens with zero attached hydrogens (tertiary/aromatic N) is 1. The van der Waals surface area contributed by atoms with Crippen molar-refractivity contribution in [3.63, 3.8) is 0 Å². The molecular formula is C11H15N3O3S2. The van der Waals surface area contributed by atoms with Crippen LogP contribution in [0.4, 0.5) is 0 Å². The number of hydrogen-bond donors (Lipinski definition) is 3. The smallest absolute Gasteiger partial charge is 0.258 e. The van der Waals surface area contributed by atoms with Crippen molar-refractivity contribution >= 4 is 21.4 Å². The Labute approximate surface area is 115 Å². The van der Waals surface area contributed by atoms with Gasteiger partial charge in [0.1, 0.15) is 0 Å². The molecule has 19 heavy (non-hydrogen) atoms. The van der Waals surface area contributed by atoms with Crippen molar-refractivity contribution in [2.45, 2.75) is 31.5 Å². The number of nitrogens with one attached hydrogen (secondary N) is 2. The van der Waals surface area contributed by atoms with Crippen LogP contribution in [0, 0.1) is 0 Å². The molecule has 0 bridgehead atoms. The molecule has 2 aromatic heterocycles. The summed E-state index contributed by atoms with van der Waals surface area (Å²) in [4.78, 5) is 0.996. The summed E-state index contributed by atoms with van der Waals surface area (Å²) in [7, 11) is -3.68. The standard InChI is InChI=1S/C11H15N3O3S2/c1-2-8-3-4-18-10(8)6-13-19(16,17)11-9(7-15)5-12-14-11/h3-5,13,15H,2,6-7H2,1H3,(H,12,14). The van der Waals surface area contributed by atoms with E-state index >= 15 is 0 Å². The van der Waals surface area contributed by atoms with Crippen LogP contribution in [-0.2, 0) is 29.6 Å². The lowest BCUT2D eigenvalue weighted by Gasteiger charge is -2.06. The number of hydrogen-bond acceptors (Lipinski definition) is 5. The van der Waals surface area contributed by atoms with Gasteiger partial charge in [-0.1, -0.05) is 6.92 Å². The molecule has 0 radical (unpaired) electrons. The van der Waals surface area contributed by atoms with Gasteiger partial charge >= 0.3 is 0 Å². The number of thiophene rings is 1. The maximum absolute atomic E-state index is 12.1. The summed E-state index contributed by atoms with van der Waals surface area (Å²) >= 11 is 1.52. The highest BCUT2D eigenvalue weighted by atomic mass is 32.2. The summed E-state index contributed by atoms with van der Waals surface area (Å²) in [6, 6.07) is 1.99. The molecule has 6 nitrogen and oxygen atoms in total. The van der Waals surface area contributed by atoms with Crippen LogP contribution < -0.4 is 4.72 Å². The number of sulfonamides is 1. The first-order valence-corrected chi connectivity index (χ1v) is 8.12. The summed E-state index contributed by atoms with van der Waals surface area (Å²) in [5, 5.41) is 17.0. The molecule has 0 aromatic carbocycles. The largest absolute Gasteiger partial charge is 0.392 e. The second-order valence-electron chi connectivity index (χ2n) is 3.93. The van der Waals surface area contributed by atoms with Crippen LogP contribution in [0.3, 0.4) is 0 Å². The average Bonchev–Trinajstić information content (AvgIpc) is 3.04. The highest BCUT2D eigenvalue weighted by Gasteiger charge is 2.20. The van der Waals surface area contributed by atoms with Gasteiger partial charge in [0.15, 0.2) is 5.03 Å². The van der Waals surface area contributed by atoms with Crippen molar-refractivity contribution in [2.24, 2.45) is 0 Å². The van der Waals surface area contributed by atoms with E-state index in [1.807, 2.05) is 18.4 Å². The number of H-pyrrole nitrogens is 1. The van der Waals surface area contributed by atoms with Crippen molar-refractivity contribution in [1.29, 1.82) is 0 Å². The van der Waals surface area contributed by atoms with Crippen LogP contribution in [0.1, 0.15) is 22.9 Å². The third-order valence-corrected chi connectivity index (χ3v) is 5.14. The molecule has 0 saturated heterocycles. The molecule has 0 aliphatic carbocycles. The molecule has 2 heterocycles. The van der Waals surface area contributed by atoms with Crippen LogP contribution >= 0.6 is 11.3 Å². The van der Waals surface area contributed by atoms with Crippen LogP contribution in [0.15, 0.2) is 22.7 Å². The van der Waals surface area contributed by atoms with Gasteiger partial charge in [-0.3, -0.25) is 5.10 Å². The highest BCUT2D eigenvalue weighted by Crippen LogP contribution is 2.18. The summed E-state index contributed by atoms with van der Waals surface area (Å²) in [5.41, 5.74) is 1.40. The van der Waals surface area contributed by atoms with E-state index in [0.29, 0.717) is 0 Å². The first-order chi connectivity index (χ1) is 9.08. The molecule has 0 saturated carbocycles. The van der Waals surface area contributed by atoms with E-state index in [2.05, 4.69) is 14.9 Å². The lowest BCUT2D eigenvalue weighted by molar-refractivity contribution is 0.278. The van der Waals surface area contributed by atoms with Gasteiger partial charge in [0.2, 0.25) is 0 Å². The van der Waals surface area contributed by atoms with E-state index in [1.54, 1.807) is 0 Å². The second-order valence-corrected chi connectivity index (χ2v) is 6.63. The lowest BCUT2D eigenvalue weighted by Crippen LogP contribution is -2.24. The van der Waals surface area contributed by atoms with Crippen LogP contribution in [0.25, 0.3) is 0 Å². The number of aliphatic hydroxyl groups excluding tert-OH is 1. The third kappa shape index (κ3) is 3.03. The normalized spacial score (nSPS) is 11.9. The number of rotatable bonds is 6. The van der Waals surface area contributed by atoms with Crippen LogP contribution in [0.5, 0.6) is 0 Å². The Kier molecular flexibility index (Phi) is 4.35. The monoisotopic (exact) mass is 301 g/mol. The maximum Gasteiger partial charge on any atom is 0.258 e. The Morgan fingerprint density at radius 3 is 2.95 bits per heavy atom. The van der Waals surface area contributed by atoms with Gasteiger partial charge < -0.3 is 5.11 Å². The van der Waals surface area contributed by atoms with Gasteiger partial charge in [-0.15, -0.1) is 11.3 Å². The van der Waals surface area contributed by atoms with Crippen LogP contribution in [-0.4, -0.2) is 23.7 Å².